The van der Waals surface area contributed by atoms with Crippen molar-refractivity contribution in [2.24, 2.45) is 0 Å². The van der Waals surface area contributed by atoms with Crippen LogP contribution in [0.15, 0.2) is 36.4 Å². The number of halogens is 1. The minimum Gasteiger partial charge on any atom is -0.495 e. The zero-order valence-corrected chi connectivity index (χ0v) is 12.2. The summed E-state index contributed by atoms with van der Waals surface area (Å²) in [4.78, 5) is 0. The number of nitrogens with zero attached hydrogens (tertiary/aromatic N) is 1. The van der Waals surface area contributed by atoms with Gasteiger partial charge in [-0.1, -0.05) is 17.7 Å². The summed E-state index contributed by atoms with van der Waals surface area (Å²) in [5.74, 6) is 0.663. The highest BCUT2D eigenvalue weighted by Crippen LogP contribution is 2.26. The summed E-state index contributed by atoms with van der Waals surface area (Å²) in [5.41, 5.74) is 3.74. The van der Waals surface area contributed by atoms with Crippen LogP contribution in [-0.2, 0) is 6.54 Å². The number of aryl methyl sites for hydroxylation is 1. The van der Waals surface area contributed by atoms with Crippen molar-refractivity contribution in [2.45, 2.75) is 13.5 Å². The number of anilines is 1. The second-order valence-corrected chi connectivity index (χ2v) is 4.89. The van der Waals surface area contributed by atoms with E-state index in [1.807, 2.05) is 31.2 Å². The summed E-state index contributed by atoms with van der Waals surface area (Å²) in [6, 6.07) is 13.2. The Kier molecular flexibility index (Phi) is 4.49. The molecule has 0 unspecified atom stereocenters. The molecule has 2 aromatic carbocycles. The van der Waals surface area contributed by atoms with Crippen molar-refractivity contribution >= 4 is 17.3 Å². The van der Waals surface area contributed by atoms with Gasteiger partial charge in [-0.2, -0.15) is 5.26 Å². The van der Waals surface area contributed by atoms with E-state index in [-0.39, 0.29) is 0 Å². The molecule has 0 aliphatic heterocycles. The summed E-state index contributed by atoms with van der Waals surface area (Å²) in [6.45, 7) is 2.70. The summed E-state index contributed by atoms with van der Waals surface area (Å²) < 4.78 is 5.29. The molecule has 0 aliphatic carbocycles. The molecule has 0 aromatic heterocycles. The van der Waals surface area contributed by atoms with E-state index in [0.29, 0.717) is 17.9 Å². The predicted molar refractivity (Wildman–Crippen MR) is 81.2 cm³/mol. The molecule has 1 N–H and O–H groups in total. The maximum Gasteiger partial charge on any atom is 0.143 e. The first kappa shape index (κ1) is 14.2. The van der Waals surface area contributed by atoms with Crippen molar-refractivity contribution in [3.63, 3.8) is 0 Å². The Labute approximate surface area is 123 Å². The molecule has 0 bridgehead atoms. The Morgan fingerprint density at radius 3 is 2.70 bits per heavy atom. The van der Waals surface area contributed by atoms with Crippen LogP contribution in [0.1, 0.15) is 16.7 Å². The van der Waals surface area contributed by atoms with Crippen LogP contribution in [-0.4, -0.2) is 7.11 Å². The van der Waals surface area contributed by atoms with Crippen LogP contribution in [0.25, 0.3) is 0 Å². The van der Waals surface area contributed by atoms with Gasteiger partial charge in [0.05, 0.1) is 24.4 Å². The fraction of sp³-hybridized carbons (Fsp3) is 0.188. The zero-order valence-electron chi connectivity index (χ0n) is 11.4. The van der Waals surface area contributed by atoms with Gasteiger partial charge in [0.2, 0.25) is 0 Å². The molecule has 3 nitrogen and oxygen atoms in total. The van der Waals surface area contributed by atoms with E-state index in [1.165, 1.54) is 5.56 Å². The second kappa shape index (κ2) is 6.31. The van der Waals surface area contributed by atoms with Crippen molar-refractivity contribution in [1.82, 2.24) is 0 Å². The summed E-state index contributed by atoms with van der Waals surface area (Å²) in [5, 5.41) is 12.9. The first-order valence-electron chi connectivity index (χ1n) is 6.21. The number of rotatable bonds is 4. The molecular formula is C16H15ClN2O. The van der Waals surface area contributed by atoms with Gasteiger partial charge in [-0.25, -0.2) is 0 Å². The standard InChI is InChI=1S/C16H15ClN2O/c1-11-7-14(17)5-4-13(11)10-19-15-6-3-12(9-18)8-16(15)20-2/h3-8,19H,10H2,1-2H3. The van der Waals surface area contributed by atoms with Gasteiger partial charge < -0.3 is 10.1 Å². The highest BCUT2D eigenvalue weighted by atomic mass is 35.5. The SMILES string of the molecule is COc1cc(C#N)ccc1NCc1ccc(Cl)cc1C. The van der Waals surface area contributed by atoms with Crippen LogP contribution in [0.2, 0.25) is 5.02 Å². The Balaban J connectivity index is 2.16. The zero-order chi connectivity index (χ0) is 14.5. The molecule has 0 amide bonds. The number of hydrogen-bond donors (Lipinski definition) is 1. The highest BCUT2D eigenvalue weighted by molar-refractivity contribution is 6.30. The maximum absolute atomic E-state index is 8.88. The highest BCUT2D eigenvalue weighted by Gasteiger charge is 2.05. The number of hydrogen-bond acceptors (Lipinski definition) is 3. The molecule has 2 rings (SSSR count). The predicted octanol–water partition coefficient (Wildman–Crippen LogP) is 4.14. The van der Waals surface area contributed by atoms with Crippen molar-refractivity contribution in [2.75, 3.05) is 12.4 Å². The van der Waals surface area contributed by atoms with Gasteiger partial charge in [-0.05, 0) is 42.3 Å². The average molecular weight is 287 g/mol. The molecular weight excluding hydrogens is 272 g/mol. The van der Waals surface area contributed by atoms with E-state index in [1.54, 1.807) is 19.2 Å². The monoisotopic (exact) mass is 286 g/mol. The van der Waals surface area contributed by atoms with E-state index in [4.69, 9.17) is 21.6 Å². The lowest BCUT2D eigenvalue weighted by Gasteiger charge is -2.13. The maximum atomic E-state index is 8.88. The molecule has 0 radical (unpaired) electrons. The molecule has 20 heavy (non-hydrogen) atoms. The van der Waals surface area contributed by atoms with Gasteiger partial charge in [0.1, 0.15) is 5.75 Å². The van der Waals surface area contributed by atoms with Crippen molar-refractivity contribution in [1.29, 1.82) is 5.26 Å². The van der Waals surface area contributed by atoms with Gasteiger partial charge in [0.15, 0.2) is 0 Å². The van der Waals surface area contributed by atoms with E-state index < -0.39 is 0 Å². The lowest BCUT2D eigenvalue weighted by Crippen LogP contribution is -2.03. The van der Waals surface area contributed by atoms with Crippen molar-refractivity contribution in [3.05, 3.63) is 58.1 Å². The Bertz CT molecular complexity index is 662. The average Bonchev–Trinajstić information content (AvgIpc) is 2.46. The molecule has 4 heteroatoms. The molecule has 0 spiro atoms. The normalized spacial score (nSPS) is 9.90. The fourth-order valence-electron chi connectivity index (χ4n) is 1.95. The van der Waals surface area contributed by atoms with Crippen LogP contribution in [0.4, 0.5) is 5.69 Å². The fourth-order valence-corrected chi connectivity index (χ4v) is 2.18. The molecule has 0 fully saturated rings. The number of nitriles is 1. The number of benzene rings is 2. The minimum atomic E-state index is 0.579. The topological polar surface area (TPSA) is 45.0 Å². The van der Waals surface area contributed by atoms with E-state index in [9.17, 15) is 0 Å². The molecule has 0 heterocycles. The van der Waals surface area contributed by atoms with Gasteiger partial charge in [-0.15, -0.1) is 0 Å². The van der Waals surface area contributed by atoms with E-state index in [0.717, 1.165) is 16.3 Å². The first-order chi connectivity index (χ1) is 9.63. The molecule has 0 atom stereocenters. The summed E-state index contributed by atoms with van der Waals surface area (Å²) >= 11 is 5.94. The quantitative estimate of drug-likeness (QED) is 0.919. The Morgan fingerprint density at radius 2 is 2.05 bits per heavy atom. The van der Waals surface area contributed by atoms with Crippen LogP contribution >= 0.6 is 11.6 Å². The van der Waals surface area contributed by atoms with Crippen LogP contribution in [0, 0.1) is 18.3 Å². The van der Waals surface area contributed by atoms with Crippen molar-refractivity contribution < 1.29 is 4.74 Å². The molecule has 0 aliphatic rings. The summed E-state index contributed by atoms with van der Waals surface area (Å²) in [7, 11) is 1.59. The lowest BCUT2D eigenvalue weighted by atomic mass is 10.1. The van der Waals surface area contributed by atoms with Gasteiger partial charge in [-0.3, -0.25) is 0 Å². The second-order valence-electron chi connectivity index (χ2n) is 4.45. The van der Waals surface area contributed by atoms with Crippen molar-refractivity contribution in [3.8, 4) is 11.8 Å². The molecule has 2 aromatic rings. The third-order valence-corrected chi connectivity index (χ3v) is 3.34. The third-order valence-electron chi connectivity index (χ3n) is 3.10. The van der Waals surface area contributed by atoms with E-state index >= 15 is 0 Å². The Hall–Kier alpha value is -2.18. The summed E-state index contributed by atoms with van der Waals surface area (Å²) in [6.07, 6.45) is 0. The largest absolute Gasteiger partial charge is 0.495 e. The van der Waals surface area contributed by atoms with Gasteiger partial charge in [0.25, 0.3) is 0 Å². The van der Waals surface area contributed by atoms with Crippen LogP contribution in [0.3, 0.4) is 0 Å². The molecule has 0 saturated carbocycles. The molecule has 0 saturated heterocycles. The first-order valence-corrected chi connectivity index (χ1v) is 6.59. The van der Waals surface area contributed by atoms with Gasteiger partial charge in [0, 0.05) is 17.6 Å². The number of nitrogens with one attached hydrogen (secondary N) is 1. The van der Waals surface area contributed by atoms with Gasteiger partial charge >= 0.3 is 0 Å². The van der Waals surface area contributed by atoms with E-state index in [2.05, 4.69) is 11.4 Å². The molecule has 102 valence electrons. The smallest absolute Gasteiger partial charge is 0.143 e. The Morgan fingerprint density at radius 1 is 1.25 bits per heavy atom. The number of ether oxygens (including phenoxy) is 1. The lowest BCUT2D eigenvalue weighted by molar-refractivity contribution is 0.416. The van der Waals surface area contributed by atoms with Crippen LogP contribution < -0.4 is 10.1 Å². The number of methoxy groups -OCH3 is 1. The van der Waals surface area contributed by atoms with Crippen LogP contribution in [0.5, 0.6) is 5.75 Å². The minimum absolute atomic E-state index is 0.579. The third kappa shape index (κ3) is 3.23.